The Morgan fingerprint density at radius 3 is 2.36 bits per heavy atom. The van der Waals surface area contributed by atoms with Gasteiger partial charge in [0.25, 0.3) is 0 Å². The van der Waals surface area contributed by atoms with Gasteiger partial charge in [0.1, 0.15) is 17.4 Å². The van der Waals surface area contributed by atoms with E-state index in [0.717, 1.165) is 0 Å². The molecular formula is C11H10F2O. The molecule has 1 nitrogen and oxygen atoms in total. The van der Waals surface area contributed by atoms with Crippen LogP contribution in [0.25, 0.3) is 0 Å². The largest absolute Gasteiger partial charge is 0.300 e. The topological polar surface area (TPSA) is 17.1 Å². The second-order valence-electron chi connectivity index (χ2n) is 3.61. The van der Waals surface area contributed by atoms with Gasteiger partial charge in [-0.3, -0.25) is 4.79 Å². The van der Waals surface area contributed by atoms with Gasteiger partial charge in [-0.25, -0.2) is 8.78 Å². The standard InChI is InChI=1S/C11H10F2O/c12-9-2-1-3-10(13)11(9)7-4-5-8(14)6-7/h1-3,7H,4-6H2. The van der Waals surface area contributed by atoms with Crippen LogP contribution in [0.5, 0.6) is 0 Å². The summed E-state index contributed by atoms with van der Waals surface area (Å²) >= 11 is 0. The number of Topliss-reactive ketones (excluding diaryl/α,β-unsaturated/α-hetero) is 1. The Morgan fingerprint density at radius 1 is 1.21 bits per heavy atom. The predicted molar refractivity (Wildman–Crippen MR) is 48.0 cm³/mol. The first kappa shape index (κ1) is 9.31. The highest BCUT2D eigenvalue weighted by atomic mass is 19.1. The molecule has 1 aliphatic rings. The van der Waals surface area contributed by atoms with Crippen LogP contribution in [0.1, 0.15) is 30.7 Å². The van der Waals surface area contributed by atoms with Crippen LogP contribution in [-0.2, 0) is 4.79 Å². The Labute approximate surface area is 80.7 Å². The van der Waals surface area contributed by atoms with Gasteiger partial charge >= 0.3 is 0 Å². The van der Waals surface area contributed by atoms with Crippen molar-refractivity contribution in [3.8, 4) is 0 Å². The Morgan fingerprint density at radius 2 is 1.86 bits per heavy atom. The maximum Gasteiger partial charge on any atom is 0.133 e. The number of carbonyl (C=O) groups is 1. The highest BCUT2D eigenvalue weighted by Gasteiger charge is 2.27. The molecule has 0 spiro atoms. The molecule has 0 amide bonds. The van der Waals surface area contributed by atoms with Crippen LogP contribution in [0.15, 0.2) is 18.2 Å². The summed E-state index contributed by atoms with van der Waals surface area (Å²) in [6, 6.07) is 3.81. The van der Waals surface area contributed by atoms with E-state index in [4.69, 9.17) is 0 Å². The lowest BCUT2D eigenvalue weighted by Crippen LogP contribution is -2.01. The number of hydrogen-bond donors (Lipinski definition) is 0. The van der Waals surface area contributed by atoms with Gasteiger partial charge in [0.05, 0.1) is 0 Å². The molecule has 14 heavy (non-hydrogen) atoms. The van der Waals surface area contributed by atoms with Crippen LogP contribution in [0.2, 0.25) is 0 Å². The molecule has 3 heteroatoms. The van der Waals surface area contributed by atoms with Gasteiger partial charge < -0.3 is 0 Å². The molecule has 1 aromatic rings. The molecule has 0 aliphatic heterocycles. The van der Waals surface area contributed by atoms with Crippen LogP contribution >= 0.6 is 0 Å². The summed E-state index contributed by atoms with van der Waals surface area (Å²) < 4.78 is 26.6. The van der Waals surface area contributed by atoms with E-state index in [-0.39, 0.29) is 23.7 Å². The van der Waals surface area contributed by atoms with Crippen LogP contribution in [0.3, 0.4) is 0 Å². The van der Waals surface area contributed by atoms with E-state index >= 15 is 0 Å². The fourth-order valence-electron chi connectivity index (χ4n) is 1.96. The summed E-state index contributed by atoms with van der Waals surface area (Å²) in [7, 11) is 0. The molecule has 1 unspecified atom stereocenters. The smallest absolute Gasteiger partial charge is 0.133 e. The monoisotopic (exact) mass is 196 g/mol. The molecule has 0 heterocycles. The quantitative estimate of drug-likeness (QED) is 0.675. The Bertz CT molecular complexity index is 353. The second kappa shape index (κ2) is 3.48. The summed E-state index contributed by atoms with van der Waals surface area (Å²) in [6.07, 6.45) is 1.28. The predicted octanol–water partition coefficient (Wildman–Crippen LogP) is 2.80. The normalized spacial score (nSPS) is 21.6. The molecule has 2 rings (SSSR count). The SMILES string of the molecule is O=C1CCC(c2c(F)cccc2F)C1. The van der Waals surface area contributed by atoms with Gasteiger partial charge in [-0.1, -0.05) is 6.07 Å². The number of rotatable bonds is 1. The summed E-state index contributed by atoms with van der Waals surface area (Å²) in [6.45, 7) is 0. The molecular weight excluding hydrogens is 186 g/mol. The maximum atomic E-state index is 13.3. The van der Waals surface area contributed by atoms with Gasteiger partial charge in [-0.2, -0.15) is 0 Å². The first-order valence-electron chi connectivity index (χ1n) is 4.64. The first-order chi connectivity index (χ1) is 6.68. The summed E-state index contributed by atoms with van der Waals surface area (Å²) in [5, 5.41) is 0. The lowest BCUT2D eigenvalue weighted by Gasteiger charge is -2.10. The molecule has 1 fully saturated rings. The van der Waals surface area contributed by atoms with E-state index < -0.39 is 11.6 Å². The number of halogens is 2. The lowest BCUT2D eigenvalue weighted by atomic mass is 9.96. The highest BCUT2D eigenvalue weighted by molar-refractivity contribution is 5.81. The first-order valence-corrected chi connectivity index (χ1v) is 4.64. The molecule has 1 saturated carbocycles. The van der Waals surface area contributed by atoms with Crippen molar-refractivity contribution in [2.75, 3.05) is 0 Å². The van der Waals surface area contributed by atoms with Crippen molar-refractivity contribution in [2.45, 2.75) is 25.2 Å². The van der Waals surface area contributed by atoms with E-state index in [1.165, 1.54) is 18.2 Å². The number of carbonyl (C=O) groups excluding carboxylic acids is 1. The molecule has 74 valence electrons. The summed E-state index contributed by atoms with van der Waals surface area (Å²) in [5.74, 6) is -1.24. The molecule has 1 atom stereocenters. The van der Waals surface area contributed by atoms with E-state index in [1.807, 2.05) is 0 Å². The van der Waals surface area contributed by atoms with Gasteiger partial charge in [-0.05, 0) is 24.5 Å². The maximum absolute atomic E-state index is 13.3. The van der Waals surface area contributed by atoms with Crippen LogP contribution in [0.4, 0.5) is 8.78 Å². The van der Waals surface area contributed by atoms with Gasteiger partial charge in [0.15, 0.2) is 0 Å². The van der Waals surface area contributed by atoms with Gasteiger partial charge in [-0.15, -0.1) is 0 Å². The van der Waals surface area contributed by atoms with Crippen LogP contribution in [0, 0.1) is 11.6 Å². The minimum absolute atomic E-state index is 0.0818. The average Bonchev–Trinajstić information content (AvgIpc) is 2.51. The van der Waals surface area contributed by atoms with Crippen molar-refractivity contribution in [3.05, 3.63) is 35.4 Å². The summed E-state index contributed by atoms with van der Waals surface area (Å²) in [4.78, 5) is 11.0. The molecule has 1 aliphatic carbocycles. The Balaban J connectivity index is 2.36. The van der Waals surface area contributed by atoms with Gasteiger partial charge in [0, 0.05) is 18.4 Å². The highest BCUT2D eigenvalue weighted by Crippen LogP contribution is 2.34. The van der Waals surface area contributed by atoms with Crippen molar-refractivity contribution < 1.29 is 13.6 Å². The number of benzene rings is 1. The molecule has 0 aromatic heterocycles. The van der Waals surface area contributed by atoms with Crippen molar-refractivity contribution in [1.29, 1.82) is 0 Å². The zero-order chi connectivity index (χ0) is 10.1. The fourth-order valence-corrected chi connectivity index (χ4v) is 1.96. The third-order valence-corrected chi connectivity index (χ3v) is 2.65. The van der Waals surface area contributed by atoms with Crippen molar-refractivity contribution in [1.82, 2.24) is 0 Å². The third kappa shape index (κ3) is 1.54. The van der Waals surface area contributed by atoms with Crippen molar-refractivity contribution in [3.63, 3.8) is 0 Å². The third-order valence-electron chi connectivity index (χ3n) is 2.65. The molecule has 0 radical (unpaired) electrons. The lowest BCUT2D eigenvalue weighted by molar-refractivity contribution is -0.117. The van der Waals surface area contributed by atoms with Crippen molar-refractivity contribution >= 4 is 5.78 Å². The van der Waals surface area contributed by atoms with E-state index in [1.54, 1.807) is 0 Å². The molecule has 1 aromatic carbocycles. The molecule has 0 bridgehead atoms. The number of ketones is 1. The fraction of sp³-hybridized carbons (Fsp3) is 0.364. The summed E-state index contributed by atoms with van der Waals surface area (Å²) in [5.41, 5.74) is 0.0818. The van der Waals surface area contributed by atoms with Gasteiger partial charge in [0.2, 0.25) is 0 Å². The molecule has 0 saturated heterocycles. The van der Waals surface area contributed by atoms with Crippen LogP contribution in [-0.4, -0.2) is 5.78 Å². The Hall–Kier alpha value is -1.25. The Kier molecular flexibility index (Phi) is 2.32. The van der Waals surface area contributed by atoms with Crippen molar-refractivity contribution in [2.24, 2.45) is 0 Å². The number of hydrogen-bond acceptors (Lipinski definition) is 1. The molecule has 0 N–H and O–H groups in total. The average molecular weight is 196 g/mol. The zero-order valence-corrected chi connectivity index (χ0v) is 7.59. The zero-order valence-electron chi connectivity index (χ0n) is 7.59. The second-order valence-corrected chi connectivity index (χ2v) is 3.61. The van der Waals surface area contributed by atoms with E-state index in [9.17, 15) is 13.6 Å². The van der Waals surface area contributed by atoms with E-state index in [0.29, 0.717) is 12.8 Å². The minimum Gasteiger partial charge on any atom is -0.300 e. The van der Waals surface area contributed by atoms with Crippen LogP contribution < -0.4 is 0 Å². The minimum atomic E-state index is -0.537. The van der Waals surface area contributed by atoms with E-state index in [2.05, 4.69) is 0 Å².